The van der Waals surface area contributed by atoms with Crippen LogP contribution in [0.15, 0.2) is 127 Å². The van der Waals surface area contributed by atoms with Gasteiger partial charge in [0, 0.05) is 84.4 Å². The van der Waals surface area contributed by atoms with Crippen LogP contribution in [0.4, 0.5) is 5.82 Å². The maximum absolute atomic E-state index is 15.7. The summed E-state index contributed by atoms with van der Waals surface area (Å²) in [7, 11) is 0. The van der Waals surface area contributed by atoms with Crippen LogP contribution in [0.3, 0.4) is 0 Å². The highest BCUT2D eigenvalue weighted by Crippen LogP contribution is 2.48. The number of carbonyl (C=O) groups is 2. The number of Topliss-reactive ketones (excluding diaryl/α,β-unsaturated/α-hetero) is 2. The van der Waals surface area contributed by atoms with E-state index in [2.05, 4.69) is 51.7 Å². The quantitative estimate of drug-likeness (QED) is 0.0515. The van der Waals surface area contributed by atoms with Gasteiger partial charge in [-0.1, -0.05) is 91.0 Å². The van der Waals surface area contributed by atoms with Gasteiger partial charge in [-0.15, -0.1) is 0 Å². The second kappa shape index (κ2) is 20.5. The molecule has 0 saturated heterocycles. The normalized spacial score (nSPS) is 24.4. The molecular weight excluding hydrogens is 915 g/mol. The van der Waals surface area contributed by atoms with Gasteiger partial charge in [0.15, 0.2) is 17.3 Å². The number of aromatic hydroxyl groups is 2. The number of aliphatic hydroxyl groups excluding tert-OH is 2. The highest BCUT2D eigenvalue weighted by atomic mass is 16.5. The summed E-state index contributed by atoms with van der Waals surface area (Å²) < 4.78 is 6.53. The molecule has 4 aromatic carbocycles. The molecule has 3 heterocycles. The number of ketones is 2. The molecule has 4 aliphatic carbocycles. The van der Waals surface area contributed by atoms with Crippen molar-refractivity contribution in [3.63, 3.8) is 0 Å². The lowest BCUT2D eigenvalue weighted by Crippen LogP contribution is -2.40. The SMILES string of the molecule is O=C1CCc2cc(c(O)c(OC3CCCC3)c2)Cc2ccc3c(c2)C(C=CC3C(O)Cc2ccccc2)c2cc[nH]c2NCC2=Cc3[nH]ccc3C(CC3(O)C=Cc4c(O)cccc4CC3)C2C(=O)C1CCO. The number of H-pyrrole nitrogens is 2. The third kappa shape index (κ3) is 9.86. The molecule has 1 saturated carbocycles. The van der Waals surface area contributed by atoms with Crippen LogP contribution in [0.25, 0.3) is 12.2 Å². The summed E-state index contributed by atoms with van der Waals surface area (Å²) in [4.78, 5) is 37.3. The average molecular weight is 980 g/mol. The summed E-state index contributed by atoms with van der Waals surface area (Å²) in [6, 6.07) is 29.6. The fourth-order valence-corrected chi connectivity index (χ4v) is 12.6. The summed E-state index contributed by atoms with van der Waals surface area (Å²) in [6.07, 6.45) is 18.9. The van der Waals surface area contributed by atoms with Gasteiger partial charge in [-0.05, 0) is 139 Å². The van der Waals surface area contributed by atoms with Gasteiger partial charge in [0.1, 0.15) is 17.4 Å². The number of benzene rings is 4. The summed E-state index contributed by atoms with van der Waals surface area (Å²) in [5.74, 6) is -2.31. The van der Waals surface area contributed by atoms with Gasteiger partial charge >= 0.3 is 0 Å². The van der Waals surface area contributed by atoms with E-state index in [1.807, 2.05) is 73.1 Å². The number of rotatable bonds is 9. The lowest BCUT2D eigenvalue weighted by molar-refractivity contribution is -0.135. The molecule has 1 aliphatic heterocycles. The lowest BCUT2D eigenvalue weighted by atomic mass is 9.66. The number of carbonyl (C=O) groups excluding carboxylic acids is 2. The van der Waals surface area contributed by atoms with E-state index in [9.17, 15) is 30.3 Å². The molecule has 5 aliphatic rings. The van der Waals surface area contributed by atoms with Crippen molar-refractivity contribution in [1.29, 1.82) is 0 Å². The molecule has 0 amide bonds. The zero-order valence-corrected chi connectivity index (χ0v) is 41.1. The van der Waals surface area contributed by atoms with Gasteiger partial charge < -0.3 is 45.6 Å². The predicted molar refractivity (Wildman–Crippen MR) is 283 cm³/mol. The zero-order chi connectivity index (χ0) is 50.2. The van der Waals surface area contributed by atoms with Crippen molar-refractivity contribution in [3.8, 4) is 17.2 Å². The maximum atomic E-state index is 15.7. The average Bonchev–Trinajstić information content (AvgIpc) is 4.18. The van der Waals surface area contributed by atoms with Gasteiger partial charge in [0.05, 0.1) is 23.7 Å². The maximum Gasteiger partial charge on any atom is 0.161 e. The van der Waals surface area contributed by atoms with E-state index in [1.54, 1.807) is 24.3 Å². The van der Waals surface area contributed by atoms with Gasteiger partial charge in [-0.25, -0.2) is 0 Å². The third-order valence-corrected chi connectivity index (χ3v) is 16.4. The minimum atomic E-state index is -1.38. The number of phenolic OH excluding ortho intramolecular Hbond substituents is 2. The molecule has 11 heteroatoms. The number of fused-ring (bicyclic) bond motifs is 8. The largest absolute Gasteiger partial charge is 0.507 e. The standard InChI is InChI=1S/C62H65N3O8/c66-28-23-50-55(68)18-14-39-30-41(59(70)57(33-39)73-43-10-4-5-11-43)29-38-13-15-45-48(56(69)32-37-7-2-1-3-8-37)17-16-46(51(45)31-38)49-22-27-64-61(49)65-36-42-34-53-47(21-26-63-53)52(58(42)60(50)71)35-62(72)24-19-40-9-6-12-54(67)44(40)20-25-62/h1-3,6-9,12-13,15-17,20-22,25-27,30-31,33-34,43,46,48,50,52,56,58,63-67,69-70,72H,4-5,10-11,14,18-19,23-24,28-29,32,35-36H2. The van der Waals surface area contributed by atoms with Crippen molar-refractivity contribution in [2.45, 2.75) is 113 Å². The van der Waals surface area contributed by atoms with E-state index in [0.717, 1.165) is 87.3 Å². The molecule has 8 N–H and O–H groups in total. The number of ether oxygens (including phenoxy) is 1. The number of hydrogen-bond acceptors (Lipinski definition) is 9. The molecular formula is C62H65N3O8. The lowest BCUT2D eigenvalue weighted by Gasteiger charge is -2.38. The smallest absolute Gasteiger partial charge is 0.161 e. The minimum absolute atomic E-state index is 0.0212. The molecule has 11 nitrogen and oxygen atoms in total. The first-order valence-electron chi connectivity index (χ1n) is 26.3. The first kappa shape index (κ1) is 48.4. The van der Waals surface area contributed by atoms with Crippen molar-refractivity contribution in [2.24, 2.45) is 11.8 Å². The number of hydrogen-bond donors (Lipinski definition) is 8. The molecule has 2 aromatic heterocycles. The summed E-state index contributed by atoms with van der Waals surface area (Å²) in [5.41, 5.74) is 9.12. The predicted octanol–water partition coefficient (Wildman–Crippen LogP) is 10.1. The Morgan fingerprint density at radius 1 is 0.795 bits per heavy atom. The van der Waals surface area contributed by atoms with Crippen LogP contribution in [-0.4, -0.2) is 78.0 Å². The van der Waals surface area contributed by atoms with Crippen LogP contribution in [0.5, 0.6) is 17.2 Å². The number of phenols is 2. The Bertz CT molecular complexity index is 3100. The molecule has 73 heavy (non-hydrogen) atoms. The Balaban J connectivity index is 1.01. The first-order chi connectivity index (χ1) is 35.5. The highest BCUT2D eigenvalue weighted by molar-refractivity contribution is 6.05. The van der Waals surface area contributed by atoms with Gasteiger partial charge in [0.25, 0.3) is 0 Å². The zero-order valence-electron chi connectivity index (χ0n) is 41.1. The number of aliphatic hydroxyl groups is 3. The molecule has 11 rings (SSSR count). The Kier molecular flexibility index (Phi) is 13.6. The summed E-state index contributed by atoms with van der Waals surface area (Å²) in [5, 5.41) is 61.6. The molecule has 7 unspecified atom stereocenters. The molecule has 7 atom stereocenters. The number of aryl methyl sites for hydroxylation is 2. The number of aromatic nitrogens is 2. The molecule has 0 radical (unpaired) electrons. The third-order valence-electron chi connectivity index (χ3n) is 16.4. The topological polar surface area (TPSA) is 188 Å². The van der Waals surface area contributed by atoms with E-state index in [-0.39, 0.29) is 79.8 Å². The Labute approximate surface area is 426 Å². The molecule has 6 aromatic rings. The Morgan fingerprint density at radius 2 is 1.62 bits per heavy atom. The van der Waals surface area contributed by atoms with Gasteiger partial charge in [0.2, 0.25) is 0 Å². The van der Waals surface area contributed by atoms with E-state index < -0.39 is 29.5 Å². The van der Waals surface area contributed by atoms with Crippen molar-refractivity contribution in [3.05, 3.63) is 189 Å². The first-order valence-corrected chi connectivity index (χ1v) is 26.3. The second-order valence-corrected chi connectivity index (χ2v) is 21.1. The van der Waals surface area contributed by atoms with Crippen LogP contribution < -0.4 is 10.1 Å². The summed E-state index contributed by atoms with van der Waals surface area (Å²) >= 11 is 0. The van der Waals surface area contributed by atoms with Crippen molar-refractivity contribution < 1.29 is 39.9 Å². The fourth-order valence-electron chi connectivity index (χ4n) is 12.6. The van der Waals surface area contributed by atoms with Crippen LogP contribution >= 0.6 is 0 Å². The van der Waals surface area contributed by atoms with Crippen LogP contribution in [0.2, 0.25) is 0 Å². The van der Waals surface area contributed by atoms with Crippen LogP contribution in [0.1, 0.15) is 130 Å². The number of nitrogens with one attached hydrogen (secondary N) is 3. The van der Waals surface area contributed by atoms with Crippen molar-refractivity contribution in [2.75, 3.05) is 18.5 Å². The van der Waals surface area contributed by atoms with E-state index in [1.165, 1.54) is 0 Å². The Morgan fingerprint density at radius 3 is 2.45 bits per heavy atom. The Hall–Kier alpha value is -6.92. The van der Waals surface area contributed by atoms with Crippen LogP contribution in [-0.2, 0) is 35.3 Å². The van der Waals surface area contributed by atoms with Gasteiger partial charge in [-0.3, -0.25) is 9.59 Å². The molecule has 1 fully saturated rings. The molecule has 0 spiro atoms. The van der Waals surface area contributed by atoms with Gasteiger partial charge in [-0.2, -0.15) is 0 Å². The van der Waals surface area contributed by atoms with E-state index in [4.69, 9.17) is 4.74 Å². The van der Waals surface area contributed by atoms with Crippen molar-refractivity contribution in [1.82, 2.24) is 9.97 Å². The fraction of sp³-hybridized carbons (Fsp3) is 0.355. The van der Waals surface area contributed by atoms with Crippen molar-refractivity contribution >= 4 is 29.5 Å². The minimum Gasteiger partial charge on any atom is -0.507 e. The number of aromatic amines is 2. The van der Waals surface area contributed by atoms with E-state index in [0.29, 0.717) is 42.6 Å². The monoisotopic (exact) mass is 979 g/mol. The second-order valence-electron chi connectivity index (χ2n) is 21.1. The number of anilines is 1. The molecule has 376 valence electrons. The van der Waals surface area contributed by atoms with Crippen LogP contribution in [0, 0.1) is 11.8 Å². The summed E-state index contributed by atoms with van der Waals surface area (Å²) in [6.45, 7) is -0.141. The van der Waals surface area contributed by atoms with E-state index >= 15 is 4.79 Å². The molecule has 4 bridgehead atoms. The number of allylic oxidation sites excluding steroid dienone is 1. The highest BCUT2D eigenvalue weighted by Gasteiger charge is 2.45.